The average molecular weight is 467 g/mol. The third kappa shape index (κ3) is 4.52. The molecule has 4 rings (SSSR count). The Morgan fingerprint density at radius 2 is 1.71 bits per heavy atom. The number of fused-ring (bicyclic) bond motifs is 1. The third-order valence-electron chi connectivity index (χ3n) is 5.93. The summed E-state index contributed by atoms with van der Waals surface area (Å²) < 4.78 is 27.8. The van der Waals surface area contributed by atoms with E-state index in [4.69, 9.17) is 0 Å². The van der Waals surface area contributed by atoms with Gasteiger partial charge in [-0.3, -0.25) is 19.1 Å². The zero-order valence-electron chi connectivity index (χ0n) is 18.6. The van der Waals surface area contributed by atoms with Crippen LogP contribution in [-0.4, -0.2) is 45.0 Å². The quantitative estimate of drug-likeness (QED) is 0.581. The highest BCUT2D eigenvalue weighted by atomic mass is 19.1. The van der Waals surface area contributed by atoms with Gasteiger partial charge >= 0.3 is 0 Å². The highest BCUT2D eigenvalue weighted by Gasteiger charge is 2.46. The van der Waals surface area contributed by atoms with Gasteiger partial charge in [0.05, 0.1) is 6.54 Å². The highest BCUT2D eigenvalue weighted by molar-refractivity contribution is 6.01. The van der Waals surface area contributed by atoms with Crippen molar-refractivity contribution in [1.82, 2.24) is 25.3 Å². The molecule has 0 bridgehead atoms. The third-order valence-corrected chi connectivity index (χ3v) is 5.93. The summed E-state index contributed by atoms with van der Waals surface area (Å²) in [5, 5.41) is 9.66. The van der Waals surface area contributed by atoms with Gasteiger partial charge in [0.2, 0.25) is 5.91 Å². The Morgan fingerprint density at radius 1 is 1.00 bits per heavy atom. The van der Waals surface area contributed by atoms with Crippen LogP contribution in [0.2, 0.25) is 0 Å². The lowest BCUT2D eigenvalue weighted by molar-refractivity contribution is -0.132. The van der Waals surface area contributed by atoms with Gasteiger partial charge in [-0.15, -0.1) is 0 Å². The minimum atomic E-state index is -1.26. The standard InChI is InChI=1S/C24H23F2N5O3/c1-24(23(34)28-12-15-6-8-17(25)9-7-15)14-31-20(22(33)30(24)2)11-19(29-31)21(32)27-13-16-4-3-5-18(26)10-16/h3-11H,12-14H2,1-2H3,(H,27,32)(H,28,34)/t24-/m1/s1. The summed E-state index contributed by atoms with van der Waals surface area (Å²) in [6.45, 7) is 1.91. The molecule has 1 atom stereocenters. The Morgan fingerprint density at radius 3 is 2.41 bits per heavy atom. The van der Waals surface area contributed by atoms with Crippen LogP contribution < -0.4 is 10.6 Å². The minimum Gasteiger partial charge on any atom is -0.350 e. The van der Waals surface area contributed by atoms with Crippen molar-refractivity contribution in [3.63, 3.8) is 0 Å². The van der Waals surface area contributed by atoms with Gasteiger partial charge in [0.15, 0.2) is 5.69 Å². The number of carbonyl (C=O) groups excluding carboxylic acids is 3. The lowest BCUT2D eigenvalue weighted by Crippen LogP contribution is -2.62. The lowest BCUT2D eigenvalue weighted by Gasteiger charge is -2.40. The molecule has 10 heteroatoms. The molecule has 0 saturated carbocycles. The fraction of sp³-hybridized carbons (Fsp3) is 0.250. The average Bonchev–Trinajstić information content (AvgIpc) is 3.24. The second kappa shape index (κ2) is 9.05. The zero-order chi connectivity index (χ0) is 24.5. The van der Waals surface area contributed by atoms with Crippen LogP contribution in [0.1, 0.15) is 39.0 Å². The van der Waals surface area contributed by atoms with Crippen LogP contribution in [0.25, 0.3) is 0 Å². The molecule has 2 aromatic carbocycles. The van der Waals surface area contributed by atoms with Gasteiger partial charge in [-0.05, 0) is 42.3 Å². The van der Waals surface area contributed by atoms with E-state index in [2.05, 4.69) is 15.7 Å². The number of rotatable bonds is 6. The van der Waals surface area contributed by atoms with Gasteiger partial charge in [0, 0.05) is 26.2 Å². The van der Waals surface area contributed by atoms with Crippen LogP contribution in [0.15, 0.2) is 54.6 Å². The van der Waals surface area contributed by atoms with Gasteiger partial charge in [-0.1, -0.05) is 24.3 Å². The number of amides is 3. The van der Waals surface area contributed by atoms with E-state index in [1.807, 2.05) is 0 Å². The smallest absolute Gasteiger partial charge is 0.272 e. The molecule has 8 nitrogen and oxygen atoms in total. The molecule has 0 saturated heterocycles. The van der Waals surface area contributed by atoms with Crippen molar-refractivity contribution in [2.45, 2.75) is 32.1 Å². The van der Waals surface area contributed by atoms with Crippen molar-refractivity contribution in [1.29, 1.82) is 0 Å². The number of nitrogens with zero attached hydrogens (tertiary/aromatic N) is 3. The zero-order valence-corrected chi connectivity index (χ0v) is 18.6. The van der Waals surface area contributed by atoms with E-state index in [1.54, 1.807) is 31.2 Å². The van der Waals surface area contributed by atoms with Crippen molar-refractivity contribution >= 4 is 17.7 Å². The molecule has 0 radical (unpaired) electrons. The molecule has 0 aliphatic carbocycles. The first-order chi connectivity index (χ1) is 16.2. The molecule has 1 aromatic heterocycles. The van der Waals surface area contributed by atoms with Crippen molar-refractivity contribution in [3.8, 4) is 0 Å². The van der Waals surface area contributed by atoms with Gasteiger partial charge in [0.25, 0.3) is 11.8 Å². The van der Waals surface area contributed by atoms with Gasteiger partial charge in [-0.2, -0.15) is 5.10 Å². The van der Waals surface area contributed by atoms with Crippen LogP contribution >= 0.6 is 0 Å². The molecule has 1 aliphatic heterocycles. The van der Waals surface area contributed by atoms with Crippen molar-refractivity contribution in [2.24, 2.45) is 0 Å². The molecular formula is C24H23F2N5O3. The van der Waals surface area contributed by atoms with Gasteiger partial charge in [0.1, 0.15) is 22.9 Å². The monoisotopic (exact) mass is 467 g/mol. The Hall–Kier alpha value is -4.08. The molecule has 176 valence electrons. The molecule has 3 aromatic rings. The van der Waals surface area contributed by atoms with Crippen LogP contribution in [0, 0.1) is 11.6 Å². The number of hydrogen-bond acceptors (Lipinski definition) is 4. The van der Waals surface area contributed by atoms with Crippen LogP contribution in [-0.2, 0) is 24.4 Å². The number of likely N-dealkylation sites (N-methyl/N-ethyl adjacent to an activating group) is 1. The summed E-state index contributed by atoms with van der Waals surface area (Å²) in [7, 11) is 1.51. The summed E-state index contributed by atoms with van der Waals surface area (Å²) in [5.74, 6) is -2.17. The lowest BCUT2D eigenvalue weighted by atomic mass is 9.96. The Balaban J connectivity index is 1.46. The van der Waals surface area contributed by atoms with E-state index in [1.165, 1.54) is 47.0 Å². The maximum atomic E-state index is 13.3. The van der Waals surface area contributed by atoms with E-state index in [-0.39, 0.29) is 36.8 Å². The normalized spacial score (nSPS) is 17.3. The Bertz CT molecular complexity index is 1260. The van der Waals surface area contributed by atoms with E-state index >= 15 is 0 Å². The molecule has 2 N–H and O–H groups in total. The first-order valence-electron chi connectivity index (χ1n) is 10.6. The predicted molar refractivity (Wildman–Crippen MR) is 119 cm³/mol. The van der Waals surface area contributed by atoms with Gasteiger partial charge in [-0.25, -0.2) is 8.78 Å². The Kier molecular flexibility index (Phi) is 6.14. The first-order valence-corrected chi connectivity index (χ1v) is 10.6. The summed E-state index contributed by atoms with van der Waals surface area (Å²) >= 11 is 0. The number of carbonyl (C=O) groups is 3. The van der Waals surface area contributed by atoms with Crippen LogP contribution in [0.4, 0.5) is 8.78 Å². The molecule has 0 fully saturated rings. The molecule has 0 spiro atoms. The molecule has 1 aliphatic rings. The molecular weight excluding hydrogens is 444 g/mol. The van der Waals surface area contributed by atoms with Crippen LogP contribution in [0.3, 0.4) is 0 Å². The number of benzene rings is 2. The molecule has 2 heterocycles. The number of hydrogen-bond donors (Lipinski definition) is 2. The predicted octanol–water partition coefficient (Wildman–Crippen LogP) is 2.25. The fourth-order valence-corrected chi connectivity index (χ4v) is 3.73. The number of halogens is 2. The molecule has 34 heavy (non-hydrogen) atoms. The van der Waals surface area contributed by atoms with E-state index in [9.17, 15) is 23.2 Å². The van der Waals surface area contributed by atoms with Crippen molar-refractivity contribution in [3.05, 3.63) is 88.7 Å². The second-order valence-electron chi connectivity index (χ2n) is 8.33. The molecule has 3 amide bonds. The largest absolute Gasteiger partial charge is 0.350 e. The highest BCUT2D eigenvalue weighted by Crippen LogP contribution is 2.26. The second-order valence-corrected chi connectivity index (χ2v) is 8.33. The number of aromatic nitrogens is 2. The van der Waals surface area contributed by atoms with Crippen LogP contribution in [0.5, 0.6) is 0 Å². The summed E-state index contributed by atoms with van der Waals surface area (Å²) in [6, 6.07) is 12.9. The minimum absolute atomic E-state index is 0.0177. The summed E-state index contributed by atoms with van der Waals surface area (Å²) in [6.07, 6.45) is 0. The van der Waals surface area contributed by atoms with E-state index in [0.717, 1.165) is 0 Å². The fourth-order valence-electron chi connectivity index (χ4n) is 3.73. The van der Waals surface area contributed by atoms with Crippen molar-refractivity contribution in [2.75, 3.05) is 7.05 Å². The Labute approximate surface area is 194 Å². The van der Waals surface area contributed by atoms with E-state index in [0.29, 0.717) is 11.1 Å². The maximum absolute atomic E-state index is 13.3. The molecule has 0 unspecified atom stereocenters. The number of nitrogens with one attached hydrogen (secondary N) is 2. The maximum Gasteiger partial charge on any atom is 0.272 e. The van der Waals surface area contributed by atoms with Gasteiger partial charge < -0.3 is 15.5 Å². The topological polar surface area (TPSA) is 96.3 Å². The summed E-state index contributed by atoms with van der Waals surface area (Å²) in [5.41, 5.74) is 0.232. The SMILES string of the molecule is CN1C(=O)c2cc(C(=O)NCc3cccc(F)c3)nn2C[C@]1(C)C(=O)NCc1ccc(F)cc1. The van der Waals surface area contributed by atoms with Crippen molar-refractivity contribution < 1.29 is 23.2 Å². The summed E-state index contributed by atoms with van der Waals surface area (Å²) in [4.78, 5) is 39.9. The van der Waals surface area contributed by atoms with E-state index < -0.39 is 29.1 Å². The first kappa shape index (κ1) is 23.1.